The number of fused-ring (bicyclic) bond motifs is 1. The minimum atomic E-state index is 0.359. The van der Waals surface area contributed by atoms with Crippen LogP contribution in [-0.4, -0.2) is 15.0 Å². The van der Waals surface area contributed by atoms with Crippen molar-refractivity contribution in [1.29, 1.82) is 0 Å². The molecule has 0 amide bonds. The summed E-state index contributed by atoms with van der Waals surface area (Å²) in [5, 5.41) is 0.359. The van der Waals surface area contributed by atoms with Gasteiger partial charge in [0.25, 0.3) is 0 Å². The molecule has 2 heterocycles. The summed E-state index contributed by atoms with van der Waals surface area (Å²) in [4.78, 5) is 12.5. The Morgan fingerprint density at radius 1 is 1.27 bits per heavy atom. The normalized spacial score (nSPS) is 10.7. The van der Waals surface area contributed by atoms with Crippen molar-refractivity contribution in [3.8, 4) is 0 Å². The molecule has 0 unspecified atom stereocenters. The Labute approximate surface area is 76.0 Å². The first-order valence-electron chi connectivity index (χ1n) is 2.70. The van der Waals surface area contributed by atoms with E-state index in [2.05, 4.69) is 15.0 Å². The molecule has 3 nitrogen and oxygen atoms in total. The molecule has 0 radical (unpaired) electrons. The number of halogens is 2. The van der Waals surface area contributed by atoms with E-state index in [4.69, 9.17) is 23.2 Å². The summed E-state index contributed by atoms with van der Waals surface area (Å²) in [7, 11) is 0. The third kappa shape index (κ3) is 1.29. The average molecular weight is 206 g/mol. The van der Waals surface area contributed by atoms with Gasteiger partial charge in [-0.25, -0.2) is 15.0 Å². The molecule has 11 heavy (non-hydrogen) atoms. The molecule has 0 fully saturated rings. The number of thiazole rings is 1. The highest BCUT2D eigenvalue weighted by atomic mass is 35.5. The van der Waals surface area contributed by atoms with E-state index >= 15 is 0 Å². The zero-order valence-electron chi connectivity index (χ0n) is 5.08. The monoisotopic (exact) mass is 205 g/mol. The predicted molar refractivity (Wildman–Crippen MR) is 45.2 cm³/mol. The number of hydrogen-bond donors (Lipinski definition) is 0. The lowest BCUT2D eigenvalue weighted by Crippen LogP contribution is -1.78. The maximum Gasteiger partial charge on any atom is 0.191 e. The van der Waals surface area contributed by atoms with E-state index < -0.39 is 0 Å². The second-order valence-electron chi connectivity index (χ2n) is 1.79. The van der Waals surface area contributed by atoms with Crippen LogP contribution in [0, 0.1) is 0 Å². The number of aromatic nitrogens is 3. The fourth-order valence-electron chi connectivity index (χ4n) is 0.677. The van der Waals surface area contributed by atoms with Crippen molar-refractivity contribution in [2.45, 2.75) is 0 Å². The van der Waals surface area contributed by atoms with Crippen LogP contribution in [0.2, 0.25) is 9.62 Å². The first-order valence-corrected chi connectivity index (χ1v) is 4.27. The van der Waals surface area contributed by atoms with Gasteiger partial charge in [0.1, 0.15) is 5.15 Å². The number of nitrogens with zero attached hydrogens (tertiary/aromatic N) is 3. The predicted octanol–water partition coefficient (Wildman–Crippen LogP) is 2.39. The van der Waals surface area contributed by atoms with Crippen LogP contribution < -0.4 is 0 Å². The Kier molecular flexibility index (Phi) is 1.67. The van der Waals surface area contributed by atoms with Crippen molar-refractivity contribution < 1.29 is 0 Å². The Balaban J connectivity index is 2.82. The van der Waals surface area contributed by atoms with E-state index in [9.17, 15) is 0 Å². The van der Waals surface area contributed by atoms with Crippen LogP contribution in [0.25, 0.3) is 10.5 Å². The first kappa shape index (κ1) is 7.21. The largest absolute Gasteiger partial charge is 0.231 e. The van der Waals surface area contributed by atoms with Crippen molar-refractivity contribution in [3.05, 3.63) is 15.8 Å². The van der Waals surface area contributed by atoms with Crippen molar-refractivity contribution in [2.24, 2.45) is 0 Å². The van der Waals surface area contributed by atoms with Crippen molar-refractivity contribution in [2.75, 3.05) is 0 Å². The second-order valence-corrected chi connectivity index (χ2v) is 3.74. The summed E-state index contributed by atoms with van der Waals surface area (Å²) in [5.74, 6) is 0. The molecule has 0 saturated heterocycles. The first-order chi connectivity index (χ1) is 5.25. The van der Waals surface area contributed by atoms with Crippen LogP contribution in [-0.2, 0) is 0 Å². The zero-order valence-corrected chi connectivity index (χ0v) is 7.41. The lowest BCUT2D eigenvalue weighted by atomic mass is 10.7. The van der Waals surface area contributed by atoms with Crippen molar-refractivity contribution >= 4 is 45.0 Å². The second kappa shape index (κ2) is 2.55. The fraction of sp³-hybridized carbons (Fsp3) is 0. The summed E-state index contributed by atoms with van der Waals surface area (Å²) in [5.41, 5.74) is 0.546. The molecule has 6 heteroatoms. The van der Waals surface area contributed by atoms with Crippen LogP contribution >= 0.6 is 34.5 Å². The molecule has 0 bridgehead atoms. The minimum Gasteiger partial charge on any atom is -0.231 e. The molecule has 0 saturated carbocycles. The summed E-state index contributed by atoms with van der Waals surface area (Å²) >= 11 is 12.5. The molecular weight excluding hydrogens is 205 g/mol. The summed E-state index contributed by atoms with van der Waals surface area (Å²) in [6, 6.07) is 0. The maximum atomic E-state index is 5.62. The van der Waals surface area contributed by atoms with Gasteiger partial charge in [0.15, 0.2) is 14.9 Å². The topological polar surface area (TPSA) is 38.7 Å². The summed E-state index contributed by atoms with van der Waals surface area (Å²) in [6.45, 7) is 0. The SMILES string of the molecule is Clc1cnc2nc(Cl)sc2n1. The molecule has 56 valence electrons. The fourth-order valence-corrected chi connectivity index (χ4v) is 1.78. The van der Waals surface area contributed by atoms with Crippen molar-refractivity contribution in [1.82, 2.24) is 15.0 Å². The van der Waals surface area contributed by atoms with Crippen LogP contribution in [0.4, 0.5) is 0 Å². The van der Waals surface area contributed by atoms with Gasteiger partial charge in [-0.1, -0.05) is 34.5 Å². The average Bonchev–Trinajstić information content (AvgIpc) is 2.27. The highest BCUT2D eigenvalue weighted by molar-refractivity contribution is 7.21. The standard InChI is InChI=1S/C5HCl2N3S/c6-2-1-8-3-4(9-2)11-5(7)10-3/h1H. The number of hydrogen-bond acceptors (Lipinski definition) is 4. The highest BCUT2D eigenvalue weighted by Crippen LogP contribution is 2.22. The lowest BCUT2D eigenvalue weighted by Gasteiger charge is -1.85. The van der Waals surface area contributed by atoms with Crippen LogP contribution in [0.15, 0.2) is 6.20 Å². The minimum absolute atomic E-state index is 0.359. The van der Waals surface area contributed by atoms with Gasteiger partial charge in [-0.3, -0.25) is 0 Å². The molecule has 0 atom stereocenters. The molecule has 2 aromatic rings. The van der Waals surface area contributed by atoms with E-state index in [1.54, 1.807) is 0 Å². The van der Waals surface area contributed by atoms with Crippen LogP contribution in [0.3, 0.4) is 0 Å². The van der Waals surface area contributed by atoms with Gasteiger partial charge in [-0.2, -0.15) is 0 Å². The smallest absolute Gasteiger partial charge is 0.191 e. The van der Waals surface area contributed by atoms with Crippen molar-refractivity contribution in [3.63, 3.8) is 0 Å². The molecule has 0 spiro atoms. The molecule has 2 rings (SSSR count). The Morgan fingerprint density at radius 2 is 2.09 bits per heavy atom. The molecule has 2 aromatic heterocycles. The summed E-state index contributed by atoms with van der Waals surface area (Å²) < 4.78 is 0.433. The molecule has 0 N–H and O–H groups in total. The highest BCUT2D eigenvalue weighted by Gasteiger charge is 2.03. The van der Waals surface area contributed by atoms with Gasteiger partial charge in [0.05, 0.1) is 6.20 Å². The van der Waals surface area contributed by atoms with Gasteiger partial charge < -0.3 is 0 Å². The lowest BCUT2D eigenvalue weighted by molar-refractivity contribution is 1.26. The van der Waals surface area contributed by atoms with E-state index in [1.165, 1.54) is 17.5 Å². The van der Waals surface area contributed by atoms with Crippen LogP contribution in [0.1, 0.15) is 0 Å². The maximum absolute atomic E-state index is 5.62. The molecule has 0 aliphatic carbocycles. The quantitative estimate of drug-likeness (QED) is 0.664. The van der Waals surface area contributed by atoms with Gasteiger partial charge in [0.2, 0.25) is 0 Å². The third-order valence-electron chi connectivity index (χ3n) is 1.07. The Bertz CT molecular complexity index is 400. The van der Waals surface area contributed by atoms with Gasteiger partial charge in [-0.15, -0.1) is 0 Å². The molecule has 0 aliphatic rings. The van der Waals surface area contributed by atoms with E-state index in [-0.39, 0.29) is 0 Å². The van der Waals surface area contributed by atoms with Gasteiger partial charge in [-0.05, 0) is 0 Å². The number of rotatable bonds is 0. The Morgan fingerprint density at radius 3 is 2.91 bits per heavy atom. The van der Waals surface area contributed by atoms with E-state index in [1.807, 2.05) is 0 Å². The third-order valence-corrected chi connectivity index (χ3v) is 2.29. The van der Waals surface area contributed by atoms with Gasteiger partial charge >= 0.3 is 0 Å². The Hall–Kier alpha value is -0.450. The molecule has 0 aromatic carbocycles. The molecule has 0 aliphatic heterocycles. The zero-order chi connectivity index (χ0) is 7.84. The summed E-state index contributed by atoms with van der Waals surface area (Å²) in [6.07, 6.45) is 1.44. The van der Waals surface area contributed by atoms with Gasteiger partial charge in [0, 0.05) is 0 Å². The van der Waals surface area contributed by atoms with E-state index in [0.717, 1.165) is 0 Å². The van der Waals surface area contributed by atoms with E-state index in [0.29, 0.717) is 20.1 Å². The van der Waals surface area contributed by atoms with Crippen LogP contribution in [0.5, 0.6) is 0 Å². The molecular formula is C5HCl2N3S.